The standard InChI is InChI=1S/C16H18ClNO2/c1-10(2)12-5-4-11(3)15(8-12)20-16-7-6-13(17)14(9-19)18-16/h4-8,10,19H,9H2,1-3H3. The second-order valence-corrected chi connectivity index (χ2v) is 5.43. The van der Waals surface area contributed by atoms with Crippen LogP contribution in [0.5, 0.6) is 11.6 Å². The zero-order valence-electron chi connectivity index (χ0n) is 11.9. The summed E-state index contributed by atoms with van der Waals surface area (Å²) in [6.45, 7) is 6.06. The summed E-state index contributed by atoms with van der Waals surface area (Å²) in [6.07, 6.45) is 0. The SMILES string of the molecule is Cc1ccc(C(C)C)cc1Oc1ccc(Cl)c(CO)n1. The van der Waals surface area contributed by atoms with Gasteiger partial charge in [-0.1, -0.05) is 37.6 Å². The van der Waals surface area contributed by atoms with Crippen molar-refractivity contribution < 1.29 is 9.84 Å². The molecule has 106 valence electrons. The lowest BCUT2D eigenvalue weighted by Crippen LogP contribution is -1.97. The summed E-state index contributed by atoms with van der Waals surface area (Å²) in [5, 5.41) is 9.62. The van der Waals surface area contributed by atoms with Crippen LogP contribution in [0.3, 0.4) is 0 Å². The van der Waals surface area contributed by atoms with Crippen molar-refractivity contribution in [1.82, 2.24) is 4.98 Å². The van der Waals surface area contributed by atoms with Crippen molar-refractivity contribution in [2.45, 2.75) is 33.3 Å². The van der Waals surface area contributed by atoms with E-state index >= 15 is 0 Å². The van der Waals surface area contributed by atoms with Crippen LogP contribution in [0.1, 0.15) is 36.6 Å². The molecule has 0 aliphatic rings. The highest BCUT2D eigenvalue weighted by atomic mass is 35.5. The number of aryl methyl sites for hydroxylation is 1. The van der Waals surface area contributed by atoms with E-state index in [0.717, 1.165) is 11.3 Å². The summed E-state index contributed by atoms with van der Waals surface area (Å²) in [7, 11) is 0. The van der Waals surface area contributed by atoms with Gasteiger partial charge in [0.15, 0.2) is 0 Å². The monoisotopic (exact) mass is 291 g/mol. The minimum Gasteiger partial charge on any atom is -0.439 e. The molecule has 0 saturated carbocycles. The first-order valence-electron chi connectivity index (χ1n) is 6.56. The average molecular weight is 292 g/mol. The number of aliphatic hydroxyl groups is 1. The first kappa shape index (κ1) is 14.8. The molecule has 0 amide bonds. The second kappa shape index (κ2) is 6.25. The Bertz CT molecular complexity index is 611. The lowest BCUT2D eigenvalue weighted by atomic mass is 10.0. The minimum atomic E-state index is -0.207. The molecule has 0 saturated heterocycles. The topological polar surface area (TPSA) is 42.4 Å². The minimum absolute atomic E-state index is 0.207. The number of aliphatic hydroxyl groups excluding tert-OH is 1. The van der Waals surface area contributed by atoms with E-state index in [-0.39, 0.29) is 6.61 Å². The van der Waals surface area contributed by atoms with Gasteiger partial charge in [0.2, 0.25) is 5.88 Å². The van der Waals surface area contributed by atoms with Gasteiger partial charge in [-0.15, -0.1) is 0 Å². The zero-order valence-corrected chi connectivity index (χ0v) is 12.6. The largest absolute Gasteiger partial charge is 0.439 e. The van der Waals surface area contributed by atoms with Crippen LogP contribution < -0.4 is 4.74 Å². The van der Waals surface area contributed by atoms with Crippen molar-refractivity contribution in [1.29, 1.82) is 0 Å². The van der Waals surface area contributed by atoms with Gasteiger partial charge in [-0.05, 0) is 36.1 Å². The molecule has 0 unspecified atom stereocenters. The molecule has 4 heteroatoms. The highest BCUT2D eigenvalue weighted by molar-refractivity contribution is 6.31. The number of ether oxygens (including phenoxy) is 1. The molecule has 0 bridgehead atoms. The molecule has 1 N–H and O–H groups in total. The van der Waals surface area contributed by atoms with Crippen LogP contribution in [-0.2, 0) is 6.61 Å². The Kier molecular flexibility index (Phi) is 4.63. The lowest BCUT2D eigenvalue weighted by molar-refractivity contribution is 0.275. The van der Waals surface area contributed by atoms with Gasteiger partial charge in [0.05, 0.1) is 17.3 Å². The summed E-state index contributed by atoms with van der Waals surface area (Å²) in [6, 6.07) is 9.53. The number of hydrogen-bond acceptors (Lipinski definition) is 3. The number of halogens is 1. The molecule has 3 nitrogen and oxygen atoms in total. The van der Waals surface area contributed by atoms with E-state index < -0.39 is 0 Å². The molecule has 1 aromatic heterocycles. The number of aromatic nitrogens is 1. The maximum Gasteiger partial charge on any atom is 0.219 e. The highest BCUT2D eigenvalue weighted by Gasteiger charge is 2.08. The number of hydrogen-bond donors (Lipinski definition) is 1. The van der Waals surface area contributed by atoms with E-state index in [1.54, 1.807) is 12.1 Å². The summed E-state index contributed by atoms with van der Waals surface area (Å²) >= 11 is 5.92. The van der Waals surface area contributed by atoms with Gasteiger partial charge in [0.25, 0.3) is 0 Å². The van der Waals surface area contributed by atoms with Gasteiger partial charge in [0.1, 0.15) is 5.75 Å². The summed E-state index contributed by atoms with van der Waals surface area (Å²) in [5.74, 6) is 1.64. The fraction of sp³-hybridized carbons (Fsp3) is 0.312. The van der Waals surface area contributed by atoms with Crippen LogP contribution >= 0.6 is 11.6 Å². The molecule has 0 aliphatic heterocycles. The van der Waals surface area contributed by atoms with Gasteiger partial charge in [-0.2, -0.15) is 0 Å². The second-order valence-electron chi connectivity index (χ2n) is 5.02. The Labute approximate surface area is 124 Å². The van der Waals surface area contributed by atoms with Crippen molar-refractivity contribution in [3.63, 3.8) is 0 Å². The molecular weight excluding hydrogens is 274 g/mol. The van der Waals surface area contributed by atoms with Crippen LogP contribution in [0.4, 0.5) is 0 Å². The smallest absolute Gasteiger partial charge is 0.219 e. The van der Waals surface area contributed by atoms with Crippen LogP contribution in [0.2, 0.25) is 5.02 Å². The van der Waals surface area contributed by atoms with Crippen molar-refractivity contribution in [3.8, 4) is 11.6 Å². The van der Waals surface area contributed by atoms with Gasteiger partial charge in [-0.3, -0.25) is 0 Å². The molecule has 2 aromatic rings. The molecule has 0 radical (unpaired) electrons. The fourth-order valence-electron chi connectivity index (χ4n) is 1.83. The molecule has 0 spiro atoms. The fourth-order valence-corrected chi connectivity index (χ4v) is 2.00. The Morgan fingerprint density at radius 2 is 2.00 bits per heavy atom. The molecule has 1 aromatic carbocycles. The Hall–Kier alpha value is -1.58. The number of benzene rings is 1. The van der Waals surface area contributed by atoms with E-state index in [1.807, 2.05) is 19.1 Å². The maximum atomic E-state index is 9.18. The summed E-state index contributed by atoms with van der Waals surface area (Å²) < 4.78 is 5.82. The Balaban J connectivity index is 2.32. The molecule has 0 atom stereocenters. The first-order valence-corrected chi connectivity index (χ1v) is 6.93. The van der Waals surface area contributed by atoms with E-state index in [1.165, 1.54) is 5.56 Å². The van der Waals surface area contributed by atoms with Crippen LogP contribution in [-0.4, -0.2) is 10.1 Å². The number of pyridine rings is 1. The van der Waals surface area contributed by atoms with E-state index in [0.29, 0.717) is 22.5 Å². The molecule has 1 heterocycles. The number of nitrogens with zero attached hydrogens (tertiary/aromatic N) is 1. The van der Waals surface area contributed by atoms with E-state index in [4.69, 9.17) is 16.3 Å². The van der Waals surface area contributed by atoms with Crippen molar-refractivity contribution in [2.24, 2.45) is 0 Å². The first-order chi connectivity index (χ1) is 9.51. The molecule has 20 heavy (non-hydrogen) atoms. The maximum absolute atomic E-state index is 9.18. The van der Waals surface area contributed by atoms with Gasteiger partial charge in [0, 0.05) is 6.07 Å². The third kappa shape index (κ3) is 3.30. The summed E-state index contributed by atoms with van der Waals surface area (Å²) in [4.78, 5) is 4.20. The highest BCUT2D eigenvalue weighted by Crippen LogP contribution is 2.29. The molecule has 0 aliphatic carbocycles. The Morgan fingerprint density at radius 3 is 2.65 bits per heavy atom. The molecule has 0 fully saturated rings. The molecular formula is C16H18ClNO2. The van der Waals surface area contributed by atoms with Gasteiger partial charge >= 0.3 is 0 Å². The predicted molar refractivity (Wildman–Crippen MR) is 80.5 cm³/mol. The van der Waals surface area contributed by atoms with Crippen LogP contribution in [0, 0.1) is 6.92 Å². The normalized spacial score (nSPS) is 10.9. The molecule has 2 rings (SSSR count). The van der Waals surface area contributed by atoms with Crippen molar-refractivity contribution in [2.75, 3.05) is 0 Å². The quantitative estimate of drug-likeness (QED) is 0.905. The van der Waals surface area contributed by atoms with Crippen LogP contribution in [0.25, 0.3) is 0 Å². The van der Waals surface area contributed by atoms with Gasteiger partial charge in [-0.25, -0.2) is 4.98 Å². The summed E-state index contributed by atoms with van der Waals surface area (Å²) in [5.41, 5.74) is 2.67. The van der Waals surface area contributed by atoms with Gasteiger partial charge < -0.3 is 9.84 Å². The van der Waals surface area contributed by atoms with Crippen LogP contribution in [0.15, 0.2) is 30.3 Å². The zero-order chi connectivity index (χ0) is 14.7. The third-order valence-corrected chi connectivity index (χ3v) is 3.48. The van der Waals surface area contributed by atoms with E-state index in [9.17, 15) is 5.11 Å². The lowest BCUT2D eigenvalue weighted by Gasteiger charge is -2.12. The average Bonchev–Trinajstić information content (AvgIpc) is 2.43. The van der Waals surface area contributed by atoms with Crippen molar-refractivity contribution in [3.05, 3.63) is 52.2 Å². The Morgan fingerprint density at radius 1 is 1.25 bits per heavy atom. The van der Waals surface area contributed by atoms with Crippen molar-refractivity contribution >= 4 is 11.6 Å². The van der Waals surface area contributed by atoms with E-state index in [2.05, 4.69) is 24.9 Å². The third-order valence-electron chi connectivity index (χ3n) is 3.14. The predicted octanol–water partition coefficient (Wildman–Crippen LogP) is 4.45. The number of rotatable bonds is 4.